The van der Waals surface area contributed by atoms with Crippen LogP contribution in [0.2, 0.25) is 0 Å². The highest BCUT2D eigenvalue weighted by Crippen LogP contribution is 2.66. The maximum Gasteiger partial charge on any atom is 0.142 e. The Balaban J connectivity index is 1.14. The van der Waals surface area contributed by atoms with Gasteiger partial charge in [-0.1, -0.05) is 77.0 Å². The Labute approximate surface area is 256 Å². The molecule has 0 amide bonds. The van der Waals surface area contributed by atoms with Gasteiger partial charge in [-0.3, -0.25) is 0 Å². The molecule has 0 saturated heterocycles. The van der Waals surface area contributed by atoms with E-state index < -0.39 is 0 Å². The van der Waals surface area contributed by atoms with Crippen LogP contribution in [0.5, 0.6) is 5.75 Å². The van der Waals surface area contributed by atoms with Crippen molar-refractivity contribution in [2.24, 2.45) is 46.3 Å². The van der Waals surface area contributed by atoms with Gasteiger partial charge < -0.3 is 20.9 Å². The van der Waals surface area contributed by atoms with Gasteiger partial charge in [0.05, 0.1) is 18.4 Å². The van der Waals surface area contributed by atoms with Crippen molar-refractivity contribution in [3.63, 3.8) is 0 Å². The number of allylic oxidation sites excluding steroid dienone is 5. The van der Waals surface area contributed by atoms with Crippen molar-refractivity contribution >= 4 is 11.4 Å². The van der Waals surface area contributed by atoms with Gasteiger partial charge in [-0.15, -0.1) is 0 Å². The van der Waals surface area contributed by atoms with Crippen molar-refractivity contribution in [2.45, 2.75) is 105 Å². The fraction of sp³-hybridized carbons (Fsp3) is 0.684. The van der Waals surface area contributed by atoms with E-state index in [1.54, 1.807) is 17.2 Å². The minimum absolute atomic E-state index is 0.314. The molecule has 42 heavy (non-hydrogen) atoms. The molecular formula is C38H58N2O2. The molecular weight excluding hydrogens is 516 g/mol. The Bertz CT molecular complexity index is 1180. The maximum absolute atomic E-state index is 6.42. The van der Waals surface area contributed by atoms with E-state index in [0.717, 1.165) is 43.6 Å². The third kappa shape index (κ3) is 6.21. The zero-order valence-corrected chi connectivity index (χ0v) is 27.3. The van der Waals surface area contributed by atoms with Crippen LogP contribution >= 0.6 is 0 Å². The molecule has 232 valence electrons. The van der Waals surface area contributed by atoms with Crippen LogP contribution in [0.25, 0.3) is 0 Å². The lowest BCUT2D eigenvalue weighted by molar-refractivity contribution is -0.000115. The van der Waals surface area contributed by atoms with Gasteiger partial charge in [0.15, 0.2) is 0 Å². The summed E-state index contributed by atoms with van der Waals surface area (Å²) in [6.45, 7) is 16.2. The molecule has 4 aliphatic carbocycles. The fourth-order valence-electron chi connectivity index (χ4n) is 9.06. The first-order valence-electron chi connectivity index (χ1n) is 17.0. The summed E-state index contributed by atoms with van der Waals surface area (Å²) >= 11 is 0. The van der Waals surface area contributed by atoms with Gasteiger partial charge in [0.1, 0.15) is 5.75 Å². The largest absolute Gasteiger partial charge is 0.491 e. The van der Waals surface area contributed by atoms with E-state index in [4.69, 9.17) is 20.9 Å². The van der Waals surface area contributed by atoms with Crippen LogP contribution in [0, 0.1) is 46.3 Å². The van der Waals surface area contributed by atoms with Crippen molar-refractivity contribution in [1.82, 2.24) is 0 Å². The van der Waals surface area contributed by atoms with Crippen molar-refractivity contribution in [1.29, 1.82) is 0 Å². The molecule has 4 aliphatic rings. The van der Waals surface area contributed by atoms with Crippen molar-refractivity contribution < 1.29 is 9.47 Å². The molecule has 1 aromatic rings. The molecule has 4 heteroatoms. The number of anilines is 2. The van der Waals surface area contributed by atoms with Gasteiger partial charge in [0.25, 0.3) is 0 Å². The molecule has 5 rings (SSSR count). The molecule has 0 bridgehead atoms. The van der Waals surface area contributed by atoms with Gasteiger partial charge in [0, 0.05) is 12.3 Å². The third-order valence-corrected chi connectivity index (χ3v) is 12.2. The number of rotatable bonds is 11. The number of hydrogen-bond donors (Lipinski definition) is 2. The monoisotopic (exact) mass is 574 g/mol. The van der Waals surface area contributed by atoms with Crippen LogP contribution in [0.3, 0.4) is 0 Å². The van der Waals surface area contributed by atoms with Crippen LogP contribution in [0.15, 0.2) is 53.6 Å². The van der Waals surface area contributed by atoms with Crippen LogP contribution in [-0.2, 0) is 4.74 Å². The molecule has 1 aromatic carbocycles. The Morgan fingerprint density at radius 1 is 0.905 bits per heavy atom. The summed E-state index contributed by atoms with van der Waals surface area (Å²) in [7, 11) is 0. The van der Waals surface area contributed by atoms with Gasteiger partial charge in [-0.25, -0.2) is 0 Å². The van der Waals surface area contributed by atoms with E-state index in [1.165, 1.54) is 38.5 Å². The highest BCUT2D eigenvalue weighted by atomic mass is 16.5. The Morgan fingerprint density at radius 2 is 1.69 bits per heavy atom. The van der Waals surface area contributed by atoms with E-state index in [-0.39, 0.29) is 0 Å². The van der Waals surface area contributed by atoms with E-state index >= 15 is 0 Å². The fourth-order valence-corrected chi connectivity index (χ4v) is 9.06. The molecule has 0 heterocycles. The molecule has 0 aromatic heterocycles. The average molecular weight is 575 g/mol. The summed E-state index contributed by atoms with van der Waals surface area (Å²) in [5, 5.41) is 0. The minimum Gasteiger partial charge on any atom is -0.491 e. The topological polar surface area (TPSA) is 70.5 Å². The summed E-state index contributed by atoms with van der Waals surface area (Å²) in [6.07, 6.45) is 21.5. The van der Waals surface area contributed by atoms with E-state index in [0.29, 0.717) is 58.4 Å². The molecule has 0 spiro atoms. The SMILES string of the molecule is CC(C=C[C@H](C)C(C)C)C1CCC2C3=CC=C4CC(OCCCCOc5ccc(N)cc5N)CC[C@@]4(C)C3CC[C@@]21C. The maximum atomic E-state index is 6.42. The smallest absolute Gasteiger partial charge is 0.142 e. The second-order valence-corrected chi connectivity index (χ2v) is 15.0. The van der Waals surface area contributed by atoms with Crippen LogP contribution in [0.4, 0.5) is 11.4 Å². The number of unbranched alkanes of at least 4 members (excludes halogenated alkanes) is 1. The lowest BCUT2D eigenvalue weighted by Gasteiger charge is -2.55. The zero-order chi connectivity index (χ0) is 30.1. The highest BCUT2D eigenvalue weighted by Gasteiger charge is 2.56. The molecule has 8 atom stereocenters. The van der Waals surface area contributed by atoms with Crippen LogP contribution in [0.1, 0.15) is 99.3 Å². The second-order valence-electron chi connectivity index (χ2n) is 15.0. The first-order chi connectivity index (χ1) is 20.0. The lowest BCUT2D eigenvalue weighted by atomic mass is 9.50. The number of benzene rings is 1. The number of nitrogens with two attached hydrogens (primary N) is 2. The van der Waals surface area contributed by atoms with Crippen molar-refractivity contribution in [2.75, 3.05) is 24.7 Å². The normalized spacial score (nSPS) is 33.9. The van der Waals surface area contributed by atoms with Crippen molar-refractivity contribution in [3.8, 4) is 5.75 Å². The summed E-state index contributed by atoms with van der Waals surface area (Å²) in [5.74, 6) is 5.04. The van der Waals surface area contributed by atoms with Crippen LogP contribution in [-0.4, -0.2) is 19.3 Å². The van der Waals surface area contributed by atoms with E-state index in [1.807, 2.05) is 12.1 Å². The predicted octanol–water partition coefficient (Wildman–Crippen LogP) is 9.38. The summed E-state index contributed by atoms with van der Waals surface area (Å²) < 4.78 is 12.3. The predicted molar refractivity (Wildman–Crippen MR) is 177 cm³/mol. The van der Waals surface area contributed by atoms with E-state index in [2.05, 4.69) is 65.8 Å². The highest BCUT2D eigenvalue weighted by molar-refractivity contribution is 5.60. The van der Waals surface area contributed by atoms with Crippen molar-refractivity contribution in [3.05, 3.63) is 53.6 Å². The van der Waals surface area contributed by atoms with E-state index in [9.17, 15) is 0 Å². The first-order valence-corrected chi connectivity index (χ1v) is 17.0. The van der Waals surface area contributed by atoms with Crippen LogP contribution < -0.4 is 16.2 Å². The third-order valence-electron chi connectivity index (χ3n) is 12.2. The summed E-state index contributed by atoms with van der Waals surface area (Å²) in [5.41, 5.74) is 17.2. The number of nitrogen functional groups attached to an aromatic ring is 2. The zero-order valence-electron chi connectivity index (χ0n) is 27.3. The standard InChI is InChI=1S/C38H58N2O2/c1-25(2)26(3)9-10-27(4)32-14-15-33-31-13-11-28-23-30(17-19-37(28,5)34(31)18-20-38(32,33)6)41-21-7-8-22-42-36-16-12-29(39)24-35(36)40/h9-13,16,24-27,30,32-34H,7-8,14-15,17-23,39-40H2,1-6H3/t26-,27?,30?,32?,33?,34?,37+,38+/m0/s1. The molecule has 3 saturated carbocycles. The first kappa shape index (κ1) is 31.2. The average Bonchev–Trinajstić information content (AvgIpc) is 3.31. The van der Waals surface area contributed by atoms with Gasteiger partial charge in [-0.2, -0.15) is 0 Å². The Morgan fingerprint density at radius 3 is 2.45 bits per heavy atom. The Kier molecular flexibility index (Phi) is 9.52. The second kappa shape index (κ2) is 12.8. The van der Waals surface area contributed by atoms with Gasteiger partial charge in [-0.05, 0) is 122 Å². The van der Waals surface area contributed by atoms with Gasteiger partial charge >= 0.3 is 0 Å². The minimum atomic E-state index is 0.314. The number of fused-ring (bicyclic) bond motifs is 5. The lowest BCUT2D eigenvalue weighted by Crippen LogP contribution is -2.46. The summed E-state index contributed by atoms with van der Waals surface area (Å²) in [4.78, 5) is 0. The molecule has 3 fully saturated rings. The molecule has 4 N–H and O–H groups in total. The quantitative estimate of drug-likeness (QED) is 0.157. The van der Waals surface area contributed by atoms with Gasteiger partial charge in [0.2, 0.25) is 0 Å². The molecule has 5 unspecified atom stereocenters. The molecule has 0 aliphatic heterocycles. The number of ether oxygens (including phenoxy) is 2. The molecule has 4 nitrogen and oxygen atoms in total. The Hall–Kier alpha value is -2.20. The number of hydrogen-bond acceptors (Lipinski definition) is 4. The molecule has 0 radical (unpaired) electrons. The summed E-state index contributed by atoms with van der Waals surface area (Å²) in [6, 6.07) is 5.43.